The highest BCUT2D eigenvalue weighted by Crippen LogP contribution is 2.36. The molecule has 3 rings (SSSR count). The maximum atomic E-state index is 12.9. The second-order valence-corrected chi connectivity index (χ2v) is 9.33. The van der Waals surface area contributed by atoms with Crippen molar-refractivity contribution < 1.29 is 22.7 Å². The van der Waals surface area contributed by atoms with Gasteiger partial charge in [0.25, 0.3) is 5.91 Å². The summed E-state index contributed by atoms with van der Waals surface area (Å²) >= 11 is 6.14. The highest BCUT2D eigenvalue weighted by Gasteiger charge is 2.25. The number of rotatable bonds is 6. The first-order valence-corrected chi connectivity index (χ1v) is 11.5. The molecule has 1 amide bonds. The summed E-state index contributed by atoms with van der Waals surface area (Å²) in [6.45, 7) is 1.06. The van der Waals surface area contributed by atoms with Crippen molar-refractivity contribution in [3.8, 4) is 11.5 Å². The van der Waals surface area contributed by atoms with Gasteiger partial charge in [0.05, 0.1) is 29.8 Å². The summed E-state index contributed by atoms with van der Waals surface area (Å²) in [6, 6.07) is 9.04. The van der Waals surface area contributed by atoms with E-state index in [1.54, 1.807) is 6.07 Å². The maximum Gasteiger partial charge on any atom is 0.255 e. The number of hydrogen-bond donors (Lipinski definition) is 1. The van der Waals surface area contributed by atoms with Crippen molar-refractivity contribution >= 4 is 33.2 Å². The van der Waals surface area contributed by atoms with Gasteiger partial charge in [-0.25, -0.2) is 8.42 Å². The summed E-state index contributed by atoms with van der Waals surface area (Å²) < 4.78 is 37.7. The first-order chi connectivity index (χ1) is 14.4. The molecule has 0 aromatic heterocycles. The molecule has 0 aliphatic carbocycles. The maximum absolute atomic E-state index is 12.9. The third-order valence-corrected chi connectivity index (χ3v) is 7.25. The fourth-order valence-electron chi connectivity index (χ4n) is 3.36. The van der Waals surface area contributed by atoms with Gasteiger partial charge in [-0.15, -0.1) is 0 Å². The van der Waals surface area contributed by atoms with Crippen LogP contribution in [-0.4, -0.2) is 45.9 Å². The van der Waals surface area contributed by atoms with Crippen molar-refractivity contribution in [3.63, 3.8) is 0 Å². The summed E-state index contributed by atoms with van der Waals surface area (Å²) in [5.74, 6) is 0.410. The minimum Gasteiger partial charge on any atom is -0.495 e. The number of carbonyl (C=O) groups excluding carboxylic acids is 1. The van der Waals surface area contributed by atoms with Crippen molar-refractivity contribution in [1.29, 1.82) is 0 Å². The molecule has 7 nitrogen and oxygen atoms in total. The molecule has 2 aromatic carbocycles. The Morgan fingerprint density at radius 2 is 1.57 bits per heavy atom. The summed E-state index contributed by atoms with van der Waals surface area (Å²) in [4.78, 5) is 12.8. The molecule has 1 aliphatic heterocycles. The standard InChI is InChI=1S/C21H25ClN2O5S/c1-28-19-14-20(29-2)18(13-17(19)22)23-21(25)15-7-9-16(10-8-15)30(26,27)24-11-5-3-4-6-12-24/h7-10,13-14H,3-6,11-12H2,1-2H3,(H,23,25). The van der Waals surface area contributed by atoms with Crippen LogP contribution in [0.4, 0.5) is 5.69 Å². The van der Waals surface area contributed by atoms with E-state index in [4.69, 9.17) is 21.1 Å². The second-order valence-electron chi connectivity index (χ2n) is 6.98. The Bertz CT molecular complexity index is 1000. The van der Waals surface area contributed by atoms with Crippen LogP contribution in [0.25, 0.3) is 0 Å². The number of carbonyl (C=O) groups is 1. The van der Waals surface area contributed by atoms with Gasteiger partial charge in [-0.05, 0) is 43.2 Å². The van der Waals surface area contributed by atoms with Gasteiger partial charge in [-0.3, -0.25) is 4.79 Å². The summed E-state index contributed by atoms with van der Waals surface area (Å²) in [5.41, 5.74) is 0.702. The molecule has 30 heavy (non-hydrogen) atoms. The molecule has 1 N–H and O–H groups in total. The lowest BCUT2D eigenvalue weighted by Crippen LogP contribution is -2.31. The van der Waals surface area contributed by atoms with Gasteiger partial charge in [0.15, 0.2) is 0 Å². The predicted octanol–water partition coefficient (Wildman–Crippen LogP) is 4.17. The second kappa shape index (κ2) is 9.68. The molecule has 0 bridgehead atoms. The van der Waals surface area contributed by atoms with Crippen LogP contribution in [-0.2, 0) is 10.0 Å². The van der Waals surface area contributed by atoms with E-state index in [0.717, 1.165) is 25.7 Å². The Balaban J connectivity index is 1.78. The fourth-order valence-corrected chi connectivity index (χ4v) is 5.12. The van der Waals surface area contributed by atoms with Crippen molar-refractivity contribution in [3.05, 3.63) is 47.0 Å². The van der Waals surface area contributed by atoms with E-state index in [0.29, 0.717) is 40.9 Å². The van der Waals surface area contributed by atoms with Crippen LogP contribution in [0.2, 0.25) is 5.02 Å². The molecule has 1 heterocycles. The van der Waals surface area contributed by atoms with E-state index in [9.17, 15) is 13.2 Å². The lowest BCUT2D eigenvalue weighted by molar-refractivity contribution is 0.102. The highest BCUT2D eigenvalue weighted by atomic mass is 35.5. The number of anilines is 1. The molecule has 1 aliphatic rings. The number of methoxy groups -OCH3 is 2. The molecule has 1 fully saturated rings. The molecule has 162 valence electrons. The van der Waals surface area contributed by atoms with Crippen molar-refractivity contribution in [2.75, 3.05) is 32.6 Å². The van der Waals surface area contributed by atoms with Gasteiger partial charge < -0.3 is 14.8 Å². The number of hydrogen-bond acceptors (Lipinski definition) is 5. The van der Waals surface area contributed by atoms with Crippen LogP contribution in [0, 0.1) is 0 Å². The molecule has 1 saturated heterocycles. The number of sulfonamides is 1. The van der Waals surface area contributed by atoms with E-state index in [2.05, 4.69) is 5.32 Å². The number of ether oxygens (including phenoxy) is 2. The van der Waals surface area contributed by atoms with Crippen molar-refractivity contribution in [1.82, 2.24) is 4.31 Å². The zero-order valence-corrected chi connectivity index (χ0v) is 18.6. The summed E-state index contributed by atoms with van der Waals surface area (Å²) in [5, 5.41) is 3.06. The van der Waals surface area contributed by atoms with E-state index < -0.39 is 15.9 Å². The van der Waals surface area contributed by atoms with E-state index in [1.165, 1.54) is 48.9 Å². The summed E-state index contributed by atoms with van der Waals surface area (Å²) in [6.07, 6.45) is 3.83. The largest absolute Gasteiger partial charge is 0.495 e. The van der Waals surface area contributed by atoms with Crippen molar-refractivity contribution in [2.45, 2.75) is 30.6 Å². The van der Waals surface area contributed by atoms with Gasteiger partial charge in [0, 0.05) is 24.7 Å². The van der Waals surface area contributed by atoms with Crippen LogP contribution in [0.1, 0.15) is 36.0 Å². The summed E-state index contributed by atoms with van der Waals surface area (Å²) in [7, 11) is -0.601. The number of amides is 1. The molecule has 0 atom stereocenters. The SMILES string of the molecule is COc1cc(OC)c(NC(=O)c2ccc(S(=O)(=O)N3CCCCCC3)cc2)cc1Cl. The Kier molecular flexibility index (Phi) is 7.23. The third-order valence-electron chi connectivity index (χ3n) is 5.04. The molecular formula is C21H25ClN2O5S. The molecular weight excluding hydrogens is 428 g/mol. The van der Waals surface area contributed by atoms with Crippen molar-refractivity contribution in [2.24, 2.45) is 0 Å². The number of halogens is 1. The molecule has 0 saturated carbocycles. The van der Waals surface area contributed by atoms with Gasteiger partial charge in [-0.1, -0.05) is 24.4 Å². The van der Waals surface area contributed by atoms with Crippen LogP contribution >= 0.6 is 11.6 Å². The first-order valence-electron chi connectivity index (χ1n) is 9.70. The predicted molar refractivity (Wildman–Crippen MR) is 116 cm³/mol. The third kappa shape index (κ3) is 4.88. The zero-order valence-electron chi connectivity index (χ0n) is 17.0. The lowest BCUT2D eigenvalue weighted by atomic mass is 10.2. The van der Waals surface area contributed by atoms with Gasteiger partial charge in [0.1, 0.15) is 11.5 Å². The molecule has 2 aromatic rings. The monoisotopic (exact) mass is 452 g/mol. The molecule has 0 spiro atoms. The van der Waals surface area contributed by atoms with Crippen LogP contribution in [0.15, 0.2) is 41.3 Å². The fraction of sp³-hybridized carbons (Fsp3) is 0.381. The topological polar surface area (TPSA) is 84.9 Å². The quantitative estimate of drug-likeness (QED) is 0.710. The minimum atomic E-state index is -3.56. The van der Waals surface area contributed by atoms with Gasteiger partial charge in [0.2, 0.25) is 10.0 Å². The normalized spacial score (nSPS) is 15.3. The molecule has 0 unspecified atom stereocenters. The Morgan fingerprint density at radius 1 is 0.967 bits per heavy atom. The Hall–Kier alpha value is -2.29. The van der Waals surface area contributed by atoms with Crippen LogP contribution < -0.4 is 14.8 Å². The number of nitrogens with one attached hydrogen (secondary N) is 1. The minimum absolute atomic E-state index is 0.186. The van der Waals surface area contributed by atoms with Crippen LogP contribution in [0.5, 0.6) is 11.5 Å². The smallest absolute Gasteiger partial charge is 0.255 e. The zero-order chi connectivity index (χ0) is 21.7. The van der Waals surface area contributed by atoms with E-state index in [1.807, 2.05) is 0 Å². The first kappa shape index (κ1) is 22.4. The number of nitrogens with zero attached hydrogens (tertiary/aromatic N) is 1. The highest BCUT2D eigenvalue weighted by molar-refractivity contribution is 7.89. The van der Waals surface area contributed by atoms with Gasteiger partial charge in [-0.2, -0.15) is 4.31 Å². The molecule has 9 heteroatoms. The lowest BCUT2D eigenvalue weighted by Gasteiger charge is -2.20. The van der Waals surface area contributed by atoms with Gasteiger partial charge >= 0.3 is 0 Å². The Labute approximate surface area is 182 Å². The average Bonchev–Trinajstić information content (AvgIpc) is 3.04. The van der Waals surface area contributed by atoms with E-state index >= 15 is 0 Å². The van der Waals surface area contributed by atoms with Crippen LogP contribution in [0.3, 0.4) is 0 Å². The van der Waals surface area contributed by atoms with E-state index in [-0.39, 0.29) is 4.90 Å². The number of benzene rings is 2. The molecule has 0 radical (unpaired) electrons. The average molecular weight is 453 g/mol. The Morgan fingerprint density at radius 3 is 2.13 bits per heavy atom.